The monoisotopic (exact) mass is 288 g/mol. The fourth-order valence-corrected chi connectivity index (χ4v) is 2.82. The van der Waals surface area contributed by atoms with Gasteiger partial charge >= 0.3 is 0 Å². The van der Waals surface area contributed by atoms with E-state index in [1.807, 2.05) is 19.0 Å². The Bertz CT molecular complexity index is 528. The summed E-state index contributed by atoms with van der Waals surface area (Å²) in [5.41, 5.74) is 5.50. The molecule has 90 valence electrons. The first-order valence-electron chi connectivity index (χ1n) is 4.53. The number of nitrogens with zero attached hydrogens (tertiary/aromatic N) is 5. The van der Waals surface area contributed by atoms with Crippen LogP contribution in [-0.2, 0) is 0 Å². The van der Waals surface area contributed by atoms with Crippen LogP contribution < -0.4 is 10.6 Å². The van der Waals surface area contributed by atoms with Gasteiger partial charge in [-0.05, 0) is 11.8 Å². The van der Waals surface area contributed by atoms with Crippen LogP contribution in [0.2, 0.25) is 5.02 Å². The van der Waals surface area contributed by atoms with Crippen LogP contribution in [0.15, 0.2) is 15.6 Å². The highest BCUT2D eigenvalue weighted by atomic mass is 35.5. The highest BCUT2D eigenvalue weighted by molar-refractivity contribution is 8.01. The molecule has 0 aliphatic heterocycles. The molecule has 0 aromatic carbocycles. The summed E-state index contributed by atoms with van der Waals surface area (Å²) in [6, 6.07) is 0. The van der Waals surface area contributed by atoms with Gasteiger partial charge in [0.2, 0.25) is 11.1 Å². The third-order valence-corrected chi connectivity index (χ3v) is 4.23. The lowest BCUT2D eigenvalue weighted by Crippen LogP contribution is -2.07. The van der Waals surface area contributed by atoms with E-state index < -0.39 is 0 Å². The average molecular weight is 289 g/mol. The first-order chi connectivity index (χ1) is 8.06. The van der Waals surface area contributed by atoms with E-state index in [4.69, 9.17) is 17.3 Å². The Kier molecular flexibility index (Phi) is 3.65. The predicted molar refractivity (Wildman–Crippen MR) is 69.8 cm³/mol. The Morgan fingerprint density at radius 3 is 2.82 bits per heavy atom. The van der Waals surface area contributed by atoms with E-state index in [1.165, 1.54) is 29.3 Å². The standard InChI is InChI=1S/C8H9ClN6S2/c1-15(2)7-13-14-8(17-7)16-5-4(9)3-11-6(10)12-5/h3H,1-2H3,(H2,10,11,12). The number of anilines is 2. The lowest BCUT2D eigenvalue weighted by molar-refractivity contribution is 0.969. The van der Waals surface area contributed by atoms with Gasteiger partial charge in [0.15, 0.2) is 4.34 Å². The van der Waals surface area contributed by atoms with Crippen molar-refractivity contribution < 1.29 is 0 Å². The summed E-state index contributed by atoms with van der Waals surface area (Å²) in [4.78, 5) is 9.73. The fraction of sp³-hybridized carbons (Fsp3) is 0.250. The second-order valence-corrected chi connectivity index (χ2v) is 5.83. The Morgan fingerprint density at radius 2 is 2.18 bits per heavy atom. The molecular formula is C8H9ClN6S2. The number of hydrogen-bond acceptors (Lipinski definition) is 8. The molecule has 0 radical (unpaired) electrons. The molecule has 0 aliphatic carbocycles. The minimum atomic E-state index is 0.189. The van der Waals surface area contributed by atoms with Gasteiger partial charge < -0.3 is 10.6 Å². The first kappa shape index (κ1) is 12.3. The molecule has 2 aromatic heterocycles. The highest BCUT2D eigenvalue weighted by Gasteiger charge is 2.11. The van der Waals surface area contributed by atoms with E-state index in [1.54, 1.807) is 0 Å². The maximum Gasteiger partial charge on any atom is 0.221 e. The molecule has 17 heavy (non-hydrogen) atoms. The summed E-state index contributed by atoms with van der Waals surface area (Å²) in [6.45, 7) is 0. The van der Waals surface area contributed by atoms with E-state index in [2.05, 4.69) is 20.2 Å². The fourth-order valence-electron chi connectivity index (χ4n) is 0.943. The zero-order valence-electron chi connectivity index (χ0n) is 9.09. The minimum Gasteiger partial charge on any atom is -0.368 e. The van der Waals surface area contributed by atoms with Gasteiger partial charge in [0.05, 0.1) is 11.2 Å². The van der Waals surface area contributed by atoms with Crippen LogP contribution in [0, 0.1) is 0 Å². The summed E-state index contributed by atoms with van der Waals surface area (Å²) in [5, 5.41) is 9.91. The van der Waals surface area contributed by atoms with E-state index in [9.17, 15) is 0 Å². The van der Waals surface area contributed by atoms with Crippen LogP contribution in [0.3, 0.4) is 0 Å². The van der Waals surface area contributed by atoms with E-state index in [0.717, 1.165) is 9.47 Å². The minimum absolute atomic E-state index is 0.189. The number of halogens is 1. The summed E-state index contributed by atoms with van der Waals surface area (Å²) < 4.78 is 0.758. The van der Waals surface area contributed by atoms with Crippen LogP contribution in [-0.4, -0.2) is 34.3 Å². The second-order valence-electron chi connectivity index (χ2n) is 3.23. The first-order valence-corrected chi connectivity index (χ1v) is 6.54. The van der Waals surface area contributed by atoms with Crippen LogP contribution in [0.4, 0.5) is 11.1 Å². The van der Waals surface area contributed by atoms with Crippen LogP contribution in [0.25, 0.3) is 0 Å². The third-order valence-electron chi connectivity index (χ3n) is 1.69. The van der Waals surface area contributed by atoms with Crippen molar-refractivity contribution in [3.8, 4) is 0 Å². The zero-order chi connectivity index (χ0) is 12.4. The largest absolute Gasteiger partial charge is 0.368 e. The number of rotatable bonds is 3. The van der Waals surface area contributed by atoms with Gasteiger partial charge in [-0.25, -0.2) is 9.97 Å². The normalized spacial score (nSPS) is 10.5. The predicted octanol–water partition coefficient (Wildman–Crippen LogP) is 1.78. The lowest BCUT2D eigenvalue weighted by atomic mass is 10.7. The maximum absolute atomic E-state index is 5.96. The Labute approximate surface area is 111 Å². The number of nitrogen functional groups attached to an aromatic ring is 1. The lowest BCUT2D eigenvalue weighted by Gasteiger charge is -2.03. The van der Waals surface area contributed by atoms with Crippen molar-refractivity contribution in [3.05, 3.63) is 11.2 Å². The second kappa shape index (κ2) is 5.03. The van der Waals surface area contributed by atoms with Gasteiger partial charge in [0.25, 0.3) is 0 Å². The number of hydrogen-bond donors (Lipinski definition) is 1. The summed E-state index contributed by atoms with van der Waals surface area (Å²) in [7, 11) is 3.81. The molecule has 0 atom stereocenters. The van der Waals surface area contributed by atoms with Gasteiger partial charge in [0, 0.05) is 14.1 Å². The highest BCUT2D eigenvalue weighted by Crippen LogP contribution is 2.35. The van der Waals surface area contributed by atoms with Gasteiger partial charge in [-0.2, -0.15) is 0 Å². The molecule has 6 nitrogen and oxygen atoms in total. The van der Waals surface area contributed by atoms with Crippen molar-refractivity contribution >= 4 is 45.8 Å². The maximum atomic E-state index is 5.96. The molecule has 0 saturated carbocycles. The molecule has 0 amide bonds. The zero-order valence-corrected chi connectivity index (χ0v) is 11.5. The summed E-state index contributed by atoms with van der Waals surface area (Å²) in [6.07, 6.45) is 1.47. The molecule has 0 fully saturated rings. The van der Waals surface area contributed by atoms with Crippen molar-refractivity contribution in [1.29, 1.82) is 0 Å². The molecule has 0 bridgehead atoms. The molecule has 0 unspecified atom stereocenters. The van der Waals surface area contributed by atoms with Crippen LogP contribution >= 0.6 is 34.7 Å². The molecule has 0 saturated heterocycles. The average Bonchev–Trinajstić information content (AvgIpc) is 2.72. The molecule has 2 aromatic rings. The molecule has 9 heteroatoms. The quantitative estimate of drug-likeness (QED) is 0.862. The van der Waals surface area contributed by atoms with Crippen LogP contribution in [0.1, 0.15) is 0 Å². The van der Waals surface area contributed by atoms with Crippen molar-refractivity contribution in [1.82, 2.24) is 20.2 Å². The van der Waals surface area contributed by atoms with Crippen molar-refractivity contribution in [2.75, 3.05) is 24.7 Å². The summed E-state index contributed by atoms with van der Waals surface area (Å²) >= 11 is 8.74. The molecule has 0 spiro atoms. The topological polar surface area (TPSA) is 80.8 Å². The number of aromatic nitrogens is 4. The molecule has 2 N–H and O–H groups in total. The van der Waals surface area contributed by atoms with Gasteiger partial charge in [-0.15, -0.1) is 10.2 Å². The Hall–Kier alpha value is -1.12. The van der Waals surface area contributed by atoms with Crippen LogP contribution in [0.5, 0.6) is 0 Å². The third kappa shape index (κ3) is 2.96. The Balaban J connectivity index is 2.22. The van der Waals surface area contributed by atoms with E-state index in [-0.39, 0.29) is 5.95 Å². The molecule has 2 rings (SSSR count). The summed E-state index contributed by atoms with van der Waals surface area (Å²) in [5.74, 6) is 0.189. The van der Waals surface area contributed by atoms with Crippen molar-refractivity contribution in [2.45, 2.75) is 9.37 Å². The van der Waals surface area contributed by atoms with Gasteiger partial charge in [0.1, 0.15) is 5.03 Å². The molecule has 2 heterocycles. The van der Waals surface area contributed by atoms with Gasteiger partial charge in [-0.1, -0.05) is 22.9 Å². The van der Waals surface area contributed by atoms with Crippen molar-refractivity contribution in [3.63, 3.8) is 0 Å². The van der Waals surface area contributed by atoms with Gasteiger partial charge in [-0.3, -0.25) is 0 Å². The Morgan fingerprint density at radius 1 is 1.41 bits per heavy atom. The number of nitrogens with two attached hydrogens (primary N) is 1. The van der Waals surface area contributed by atoms with E-state index in [0.29, 0.717) is 10.0 Å². The molecule has 0 aliphatic rings. The smallest absolute Gasteiger partial charge is 0.221 e. The van der Waals surface area contributed by atoms with E-state index >= 15 is 0 Å². The SMILES string of the molecule is CN(C)c1nnc(Sc2nc(N)ncc2Cl)s1. The molecular weight excluding hydrogens is 280 g/mol. The van der Waals surface area contributed by atoms with Crippen molar-refractivity contribution in [2.24, 2.45) is 0 Å².